The highest BCUT2D eigenvalue weighted by Gasteiger charge is 2.14. The van der Waals surface area contributed by atoms with Crippen LogP contribution in [0, 0.1) is 0 Å². The van der Waals surface area contributed by atoms with Gasteiger partial charge in [-0.2, -0.15) is 0 Å². The number of hydrogen-bond donors (Lipinski definition) is 0. The van der Waals surface area contributed by atoms with Gasteiger partial charge in [0.2, 0.25) is 0 Å². The predicted molar refractivity (Wildman–Crippen MR) is 200 cm³/mol. The Kier molecular flexibility index (Phi) is 5.60. The molecule has 0 amide bonds. The number of anilines is 3. The summed E-state index contributed by atoms with van der Waals surface area (Å²) >= 11 is 0. The molecule has 0 radical (unpaired) electrons. The molecule has 8 aromatic carbocycles. The summed E-state index contributed by atoms with van der Waals surface area (Å²) in [5.74, 6) is 0. The van der Waals surface area contributed by atoms with Gasteiger partial charge in [0.15, 0.2) is 0 Å². The van der Waals surface area contributed by atoms with E-state index in [1.54, 1.807) is 48.5 Å². The number of rotatable bonds is 7. The second-order valence-electron chi connectivity index (χ2n) is 11.2. The van der Waals surface area contributed by atoms with Crippen molar-refractivity contribution < 1.29 is 11.0 Å². The van der Waals surface area contributed by atoms with Gasteiger partial charge in [0.05, 0.1) is 11.0 Å². The second-order valence-corrected chi connectivity index (χ2v) is 11.2. The first-order valence-corrected chi connectivity index (χ1v) is 15.5. The van der Waals surface area contributed by atoms with Crippen LogP contribution in [-0.2, 0) is 0 Å². The fraction of sp³-hybridized carbons (Fsp3) is 0. The molecule has 0 unspecified atom stereocenters. The third-order valence-electron chi connectivity index (χ3n) is 8.20. The number of benzene rings is 8. The highest BCUT2D eigenvalue weighted by Crippen LogP contribution is 2.38. The molecular weight excluding hydrogens is 567 g/mol. The molecular formula is C46H33N. The summed E-state index contributed by atoms with van der Waals surface area (Å²) < 4.78 is 74.1. The molecule has 0 aliphatic carbocycles. The zero-order chi connectivity index (χ0) is 38.4. The predicted octanol–water partition coefficient (Wildman–Crippen LogP) is 13.0. The van der Waals surface area contributed by atoms with Crippen LogP contribution < -0.4 is 4.90 Å². The lowest BCUT2D eigenvalue weighted by Crippen LogP contribution is -2.09. The van der Waals surface area contributed by atoms with Crippen LogP contribution in [0.1, 0.15) is 11.0 Å². The van der Waals surface area contributed by atoms with Gasteiger partial charge in [-0.15, -0.1) is 0 Å². The Labute approximate surface area is 287 Å². The third kappa shape index (κ3) is 5.95. The summed E-state index contributed by atoms with van der Waals surface area (Å²) in [7, 11) is 0. The van der Waals surface area contributed by atoms with Gasteiger partial charge in [-0.05, 0) is 104 Å². The molecule has 8 aromatic rings. The first kappa shape index (κ1) is 20.8. The Bertz CT molecular complexity index is 2670. The SMILES string of the molecule is [2H]c1c([2H])c(N(c2ccc(-c3ccccc3)cc2)c2c([2H])c([2H])c(-c3cccc(-c4ccc5ccccc5c4)c3)c([2H])c2[2H])c([2H])c([2H])c1-c1ccccc1. The molecule has 0 spiro atoms. The fourth-order valence-corrected chi connectivity index (χ4v) is 5.76. The zero-order valence-electron chi connectivity index (χ0n) is 33.4. The molecule has 0 bridgehead atoms. The minimum absolute atomic E-state index is 0.111. The summed E-state index contributed by atoms with van der Waals surface area (Å²) in [4.78, 5) is 1.33. The molecule has 1 heteroatoms. The van der Waals surface area contributed by atoms with Gasteiger partial charge >= 0.3 is 0 Å². The molecule has 8 rings (SSSR count). The van der Waals surface area contributed by atoms with Crippen molar-refractivity contribution >= 4 is 27.8 Å². The molecule has 0 saturated carbocycles. The molecule has 1 nitrogen and oxygen atoms in total. The first-order valence-electron chi connectivity index (χ1n) is 19.5. The lowest BCUT2D eigenvalue weighted by Gasteiger charge is -2.26. The van der Waals surface area contributed by atoms with Gasteiger partial charge in [0.25, 0.3) is 0 Å². The van der Waals surface area contributed by atoms with E-state index in [-0.39, 0.29) is 70.8 Å². The largest absolute Gasteiger partial charge is 0.311 e. The van der Waals surface area contributed by atoms with E-state index < -0.39 is 0 Å². The number of fused-ring (bicyclic) bond motifs is 1. The Morgan fingerprint density at radius 2 is 0.702 bits per heavy atom. The topological polar surface area (TPSA) is 3.24 Å². The smallest absolute Gasteiger partial charge is 0.0645 e. The molecule has 0 fully saturated rings. The Balaban J connectivity index is 1.32. The van der Waals surface area contributed by atoms with E-state index in [0.717, 1.165) is 33.0 Å². The van der Waals surface area contributed by atoms with Gasteiger partial charge in [0.1, 0.15) is 0 Å². The van der Waals surface area contributed by atoms with Crippen molar-refractivity contribution in [2.75, 3.05) is 4.90 Å². The minimum Gasteiger partial charge on any atom is -0.311 e. The van der Waals surface area contributed by atoms with Gasteiger partial charge < -0.3 is 4.90 Å². The van der Waals surface area contributed by atoms with Crippen LogP contribution in [0.15, 0.2) is 200 Å². The van der Waals surface area contributed by atoms with Crippen LogP contribution >= 0.6 is 0 Å². The average Bonchev–Trinajstić information content (AvgIpc) is 3.22. The Hall–Kier alpha value is -6.18. The molecule has 47 heavy (non-hydrogen) atoms. The summed E-state index contributed by atoms with van der Waals surface area (Å²) in [6.07, 6.45) is 0. The van der Waals surface area contributed by atoms with Gasteiger partial charge in [0, 0.05) is 17.1 Å². The summed E-state index contributed by atoms with van der Waals surface area (Å²) in [6.45, 7) is 0. The van der Waals surface area contributed by atoms with E-state index >= 15 is 0 Å². The van der Waals surface area contributed by atoms with E-state index in [2.05, 4.69) is 6.07 Å². The maximum absolute atomic E-state index is 9.41. The van der Waals surface area contributed by atoms with Crippen molar-refractivity contribution in [2.24, 2.45) is 0 Å². The average molecular weight is 608 g/mol. The third-order valence-corrected chi connectivity index (χ3v) is 8.20. The summed E-state index contributed by atoms with van der Waals surface area (Å²) in [6, 6.07) is 44.5. The molecule has 0 saturated heterocycles. The van der Waals surface area contributed by atoms with E-state index in [4.69, 9.17) is 2.74 Å². The van der Waals surface area contributed by atoms with E-state index in [1.165, 1.54) is 4.90 Å². The number of hydrogen-bond acceptors (Lipinski definition) is 1. The Morgan fingerprint density at radius 1 is 0.277 bits per heavy atom. The maximum atomic E-state index is 9.41. The van der Waals surface area contributed by atoms with Gasteiger partial charge in [-0.1, -0.05) is 152 Å². The van der Waals surface area contributed by atoms with Crippen LogP contribution in [0.5, 0.6) is 0 Å². The van der Waals surface area contributed by atoms with Crippen molar-refractivity contribution in [1.82, 2.24) is 0 Å². The van der Waals surface area contributed by atoms with Crippen molar-refractivity contribution in [3.8, 4) is 44.5 Å². The summed E-state index contributed by atoms with van der Waals surface area (Å²) in [5, 5.41) is 2.18. The first-order chi connectivity index (χ1) is 26.6. The quantitative estimate of drug-likeness (QED) is 0.174. The van der Waals surface area contributed by atoms with Crippen molar-refractivity contribution in [2.45, 2.75) is 0 Å². The summed E-state index contributed by atoms with van der Waals surface area (Å²) in [5.41, 5.74) is 4.86. The van der Waals surface area contributed by atoms with Gasteiger partial charge in [-0.3, -0.25) is 0 Å². The van der Waals surface area contributed by atoms with Crippen LogP contribution in [0.25, 0.3) is 55.3 Å². The van der Waals surface area contributed by atoms with Crippen LogP contribution in [0.3, 0.4) is 0 Å². The Morgan fingerprint density at radius 3 is 1.32 bits per heavy atom. The fourth-order valence-electron chi connectivity index (χ4n) is 5.76. The standard InChI is InChI=1S/C46H33N/c1-3-10-34(11-4-1)37-20-26-44(27-21-37)47(45-28-22-38(23-29-45)35-12-5-2-6-13-35)46-30-24-39(25-31-46)41-16-9-17-42(32-41)43-19-18-36-14-7-8-15-40(36)33-43/h1-33H/i20D,21D,24D,25D,26D,27D,30D,31D. The molecule has 0 N–H and O–H groups in total. The molecule has 0 heterocycles. The lowest BCUT2D eigenvalue weighted by atomic mass is 9.97. The van der Waals surface area contributed by atoms with Crippen LogP contribution in [0.2, 0.25) is 0 Å². The van der Waals surface area contributed by atoms with E-state index in [0.29, 0.717) is 16.8 Å². The van der Waals surface area contributed by atoms with Gasteiger partial charge in [-0.25, -0.2) is 0 Å². The van der Waals surface area contributed by atoms with Crippen molar-refractivity contribution in [3.63, 3.8) is 0 Å². The van der Waals surface area contributed by atoms with Crippen LogP contribution in [0.4, 0.5) is 17.1 Å². The highest BCUT2D eigenvalue weighted by molar-refractivity contribution is 5.88. The monoisotopic (exact) mass is 607 g/mol. The molecule has 222 valence electrons. The van der Waals surface area contributed by atoms with E-state index in [9.17, 15) is 8.22 Å². The molecule has 0 aromatic heterocycles. The van der Waals surface area contributed by atoms with Crippen molar-refractivity contribution in [3.05, 3.63) is 200 Å². The number of nitrogens with zero attached hydrogens (tertiary/aromatic N) is 1. The molecule has 0 atom stereocenters. The minimum atomic E-state index is -0.386. The molecule has 0 aliphatic heterocycles. The molecule has 0 aliphatic rings. The maximum Gasteiger partial charge on any atom is 0.0645 e. The highest BCUT2D eigenvalue weighted by atomic mass is 15.1. The lowest BCUT2D eigenvalue weighted by molar-refractivity contribution is 1.28. The van der Waals surface area contributed by atoms with Crippen LogP contribution in [-0.4, -0.2) is 0 Å². The van der Waals surface area contributed by atoms with Crippen molar-refractivity contribution in [1.29, 1.82) is 0 Å². The zero-order valence-corrected chi connectivity index (χ0v) is 25.4. The second kappa shape index (κ2) is 12.7. The van der Waals surface area contributed by atoms with E-state index in [1.807, 2.05) is 97.1 Å². The normalized spacial score (nSPS) is 13.4.